The van der Waals surface area contributed by atoms with Crippen molar-refractivity contribution in [3.63, 3.8) is 0 Å². The summed E-state index contributed by atoms with van der Waals surface area (Å²) in [5.41, 5.74) is 3.17. The Kier molecular flexibility index (Phi) is 4.01. The average Bonchev–Trinajstić information content (AvgIpc) is 2.95. The summed E-state index contributed by atoms with van der Waals surface area (Å²) < 4.78 is 5.33. The summed E-state index contributed by atoms with van der Waals surface area (Å²) in [5.74, 6) is 0.276. The molecular weight excluding hydrogens is 316 g/mol. The van der Waals surface area contributed by atoms with E-state index < -0.39 is 0 Å². The number of carbonyl (C=O) groups excluding carboxylic acids is 2. The van der Waals surface area contributed by atoms with Crippen LogP contribution in [0.4, 0.5) is 5.69 Å². The fraction of sp³-hybridized carbons (Fsp3) is 0.300. The number of nitrogens with one attached hydrogen (secondary N) is 1. The molecule has 2 aliphatic heterocycles. The molecule has 25 heavy (non-hydrogen) atoms. The third kappa shape index (κ3) is 2.70. The van der Waals surface area contributed by atoms with E-state index in [0.29, 0.717) is 11.4 Å². The van der Waals surface area contributed by atoms with E-state index in [-0.39, 0.29) is 24.3 Å². The van der Waals surface area contributed by atoms with Gasteiger partial charge >= 0.3 is 0 Å². The van der Waals surface area contributed by atoms with Gasteiger partial charge in [-0.25, -0.2) is 4.90 Å². The minimum atomic E-state index is -0.314. The molecular formula is C20H21N2O3+. The zero-order valence-corrected chi connectivity index (χ0v) is 14.2. The molecule has 0 spiro atoms. The number of amides is 2. The summed E-state index contributed by atoms with van der Waals surface area (Å²) in [6.45, 7) is 1.67. The van der Waals surface area contributed by atoms with E-state index in [2.05, 4.69) is 18.2 Å². The van der Waals surface area contributed by atoms with Crippen LogP contribution in [0, 0.1) is 0 Å². The molecule has 2 heterocycles. The molecule has 2 aromatic carbocycles. The molecule has 2 atom stereocenters. The fourth-order valence-electron chi connectivity index (χ4n) is 3.92. The number of hydrogen-bond donors (Lipinski definition) is 1. The van der Waals surface area contributed by atoms with Gasteiger partial charge in [0.05, 0.1) is 25.8 Å². The van der Waals surface area contributed by atoms with Gasteiger partial charge in [0.15, 0.2) is 6.04 Å². The SMILES string of the molecule is COc1ccccc1N1C(=O)C[C@@H]([NH+]2CCc3ccccc3C2)C1=O. The molecule has 5 heteroatoms. The van der Waals surface area contributed by atoms with E-state index in [1.165, 1.54) is 20.9 Å². The van der Waals surface area contributed by atoms with E-state index in [0.717, 1.165) is 19.5 Å². The highest BCUT2D eigenvalue weighted by molar-refractivity contribution is 6.22. The molecule has 2 aliphatic rings. The highest BCUT2D eigenvalue weighted by atomic mass is 16.5. The number of rotatable bonds is 3. The maximum atomic E-state index is 13.0. The van der Waals surface area contributed by atoms with Crippen molar-refractivity contribution < 1.29 is 19.2 Å². The fourth-order valence-corrected chi connectivity index (χ4v) is 3.92. The molecule has 0 radical (unpaired) electrons. The van der Waals surface area contributed by atoms with Crippen LogP contribution in [-0.2, 0) is 22.6 Å². The van der Waals surface area contributed by atoms with Crippen LogP contribution in [0.3, 0.4) is 0 Å². The second kappa shape index (κ2) is 6.33. The van der Waals surface area contributed by atoms with Crippen LogP contribution < -0.4 is 14.5 Å². The number of ether oxygens (including phenoxy) is 1. The van der Waals surface area contributed by atoms with E-state index in [4.69, 9.17) is 4.74 Å². The van der Waals surface area contributed by atoms with Gasteiger partial charge in [-0.2, -0.15) is 0 Å². The number of carbonyl (C=O) groups is 2. The lowest BCUT2D eigenvalue weighted by Crippen LogP contribution is -3.16. The number of quaternary nitrogens is 1. The number of benzene rings is 2. The van der Waals surface area contributed by atoms with Crippen molar-refractivity contribution in [1.82, 2.24) is 0 Å². The Morgan fingerprint density at radius 2 is 1.76 bits per heavy atom. The van der Waals surface area contributed by atoms with E-state index in [9.17, 15) is 9.59 Å². The van der Waals surface area contributed by atoms with Crippen molar-refractivity contribution in [1.29, 1.82) is 0 Å². The second-order valence-electron chi connectivity index (χ2n) is 6.60. The lowest BCUT2D eigenvalue weighted by Gasteiger charge is -2.29. The van der Waals surface area contributed by atoms with Gasteiger partial charge in [0.25, 0.3) is 5.91 Å². The molecule has 1 saturated heterocycles. The molecule has 0 aromatic heterocycles. The van der Waals surface area contributed by atoms with Crippen LogP contribution in [0.1, 0.15) is 17.5 Å². The summed E-state index contributed by atoms with van der Waals surface area (Å²) in [5, 5.41) is 0. The zero-order chi connectivity index (χ0) is 17.4. The third-order valence-electron chi connectivity index (χ3n) is 5.22. The Hall–Kier alpha value is -2.66. The maximum Gasteiger partial charge on any atom is 0.292 e. The molecule has 5 nitrogen and oxygen atoms in total. The van der Waals surface area contributed by atoms with E-state index in [1.54, 1.807) is 19.2 Å². The minimum Gasteiger partial charge on any atom is -0.495 e. The Balaban J connectivity index is 1.60. The van der Waals surface area contributed by atoms with Crippen molar-refractivity contribution >= 4 is 17.5 Å². The zero-order valence-electron chi connectivity index (χ0n) is 14.2. The molecule has 0 bridgehead atoms. The summed E-state index contributed by atoms with van der Waals surface area (Å²) in [6.07, 6.45) is 1.20. The normalized spacial score (nSPS) is 22.8. The van der Waals surface area contributed by atoms with Gasteiger partial charge in [-0.15, -0.1) is 0 Å². The van der Waals surface area contributed by atoms with Gasteiger partial charge in [-0.3, -0.25) is 9.59 Å². The van der Waals surface area contributed by atoms with Crippen molar-refractivity contribution in [3.8, 4) is 5.75 Å². The second-order valence-corrected chi connectivity index (χ2v) is 6.60. The molecule has 2 amide bonds. The molecule has 0 aliphatic carbocycles. The molecule has 1 N–H and O–H groups in total. The highest BCUT2D eigenvalue weighted by Crippen LogP contribution is 2.31. The smallest absolute Gasteiger partial charge is 0.292 e. The lowest BCUT2D eigenvalue weighted by molar-refractivity contribution is -0.930. The number of nitrogens with zero attached hydrogens (tertiary/aromatic N) is 1. The Labute approximate surface area is 146 Å². The quantitative estimate of drug-likeness (QED) is 0.849. The van der Waals surface area contributed by atoms with Gasteiger partial charge in [0, 0.05) is 12.0 Å². The van der Waals surface area contributed by atoms with Gasteiger partial charge in [-0.1, -0.05) is 36.4 Å². The topological polar surface area (TPSA) is 51.0 Å². The first kappa shape index (κ1) is 15.8. The van der Waals surface area contributed by atoms with Crippen molar-refractivity contribution in [2.45, 2.75) is 25.4 Å². The predicted molar refractivity (Wildman–Crippen MR) is 93.6 cm³/mol. The van der Waals surface area contributed by atoms with E-state index >= 15 is 0 Å². The largest absolute Gasteiger partial charge is 0.495 e. The van der Waals surface area contributed by atoms with Crippen LogP contribution >= 0.6 is 0 Å². The van der Waals surface area contributed by atoms with Crippen LogP contribution in [0.2, 0.25) is 0 Å². The molecule has 128 valence electrons. The first-order valence-electron chi connectivity index (χ1n) is 8.60. The molecule has 4 rings (SSSR count). The van der Waals surface area contributed by atoms with Crippen molar-refractivity contribution in [3.05, 3.63) is 59.7 Å². The van der Waals surface area contributed by atoms with Crippen LogP contribution in [0.15, 0.2) is 48.5 Å². The first-order valence-corrected chi connectivity index (χ1v) is 8.60. The lowest BCUT2D eigenvalue weighted by atomic mass is 9.98. The number of para-hydroxylation sites is 2. The maximum absolute atomic E-state index is 13.0. The molecule has 0 saturated carbocycles. The number of fused-ring (bicyclic) bond motifs is 1. The number of anilines is 1. The standard InChI is InChI=1S/C20H20N2O3/c1-25-18-9-5-4-8-16(18)22-19(23)12-17(20(22)24)21-11-10-14-6-2-3-7-15(14)13-21/h2-9,17H,10-13H2,1H3/p+1/t17-/m1/s1. The highest BCUT2D eigenvalue weighted by Gasteiger charge is 2.47. The van der Waals surface area contributed by atoms with Crippen LogP contribution in [0.5, 0.6) is 5.75 Å². The van der Waals surface area contributed by atoms with Gasteiger partial charge in [0.1, 0.15) is 12.3 Å². The van der Waals surface area contributed by atoms with Gasteiger partial charge in [0.2, 0.25) is 5.91 Å². The average molecular weight is 337 g/mol. The predicted octanol–water partition coefficient (Wildman–Crippen LogP) is 0.968. The molecule has 2 aromatic rings. The van der Waals surface area contributed by atoms with E-state index in [1.807, 2.05) is 18.2 Å². The molecule has 1 unspecified atom stereocenters. The number of methoxy groups -OCH3 is 1. The van der Waals surface area contributed by atoms with Crippen molar-refractivity contribution in [2.24, 2.45) is 0 Å². The summed E-state index contributed by atoms with van der Waals surface area (Å²) in [6, 6.07) is 15.2. The summed E-state index contributed by atoms with van der Waals surface area (Å²) in [7, 11) is 1.55. The Bertz CT molecular complexity index is 833. The Morgan fingerprint density at radius 3 is 2.56 bits per heavy atom. The molecule has 1 fully saturated rings. The minimum absolute atomic E-state index is 0.121. The Morgan fingerprint density at radius 1 is 1.04 bits per heavy atom. The summed E-state index contributed by atoms with van der Waals surface area (Å²) in [4.78, 5) is 28.1. The monoisotopic (exact) mass is 337 g/mol. The third-order valence-corrected chi connectivity index (χ3v) is 5.22. The van der Waals surface area contributed by atoms with Crippen LogP contribution in [0.25, 0.3) is 0 Å². The van der Waals surface area contributed by atoms with Gasteiger partial charge < -0.3 is 9.64 Å². The van der Waals surface area contributed by atoms with Crippen molar-refractivity contribution in [2.75, 3.05) is 18.6 Å². The number of imide groups is 1. The van der Waals surface area contributed by atoms with Gasteiger partial charge in [-0.05, 0) is 17.7 Å². The van der Waals surface area contributed by atoms with Crippen LogP contribution in [-0.4, -0.2) is 31.5 Å². The number of hydrogen-bond acceptors (Lipinski definition) is 3. The summed E-state index contributed by atoms with van der Waals surface area (Å²) >= 11 is 0. The first-order chi connectivity index (χ1) is 12.2.